The Morgan fingerprint density at radius 1 is 1.50 bits per heavy atom. The Hall–Kier alpha value is -1.35. The number of nitrogens with two attached hydrogens (primary N) is 1. The summed E-state index contributed by atoms with van der Waals surface area (Å²) < 4.78 is 5.10. The predicted molar refractivity (Wildman–Crippen MR) is 64.9 cm³/mol. The van der Waals surface area contributed by atoms with E-state index in [9.17, 15) is 4.79 Å². The second-order valence-corrected chi connectivity index (χ2v) is 4.12. The van der Waals surface area contributed by atoms with Crippen molar-refractivity contribution in [1.29, 1.82) is 0 Å². The van der Waals surface area contributed by atoms with E-state index < -0.39 is 0 Å². The van der Waals surface area contributed by atoms with Crippen LogP contribution in [0.25, 0.3) is 0 Å². The summed E-state index contributed by atoms with van der Waals surface area (Å²) in [5, 5.41) is 0. The number of aryl methyl sites for hydroxylation is 1. The monoisotopic (exact) mass is 221 g/mol. The first-order valence-corrected chi connectivity index (χ1v) is 5.48. The van der Waals surface area contributed by atoms with Gasteiger partial charge in [0, 0.05) is 18.0 Å². The topological polar surface area (TPSA) is 52.3 Å². The molecule has 0 aliphatic heterocycles. The molecule has 0 heterocycles. The molecule has 2 N–H and O–H groups in total. The van der Waals surface area contributed by atoms with E-state index in [-0.39, 0.29) is 11.8 Å². The maximum Gasteiger partial charge on any atom is 0.163 e. The van der Waals surface area contributed by atoms with Crippen LogP contribution in [0.1, 0.15) is 35.7 Å². The van der Waals surface area contributed by atoms with Crippen LogP contribution in [0.5, 0.6) is 5.75 Å². The molecule has 1 aromatic carbocycles. The molecule has 88 valence electrons. The van der Waals surface area contributed by atoms with Gasteiger partial charge in [-0.1, -0.05) is 0 Å². The van der Waals surface area contributed by atoms with Gasteiger partial charge in [-0.2, -0.15) is 0 Å². The molecule has 1 aromatic rings. The fourth-order valence-electron chi connectivity index (χ4n) is 1.57. The lowest BCUT2D eigenvalue weighted by Crippen LogP contribution is -2.16. The molecule has 0 aliphatic rings. The van der Waals surface area contributed by atoms with Crippen LogP contribution < -0.4 is 10.5 Å². The number of ketones is 1. The molecule has 1 atom stereocenters. The summed E-state index contributed by atoms with van der Waals surface area (Å²) in [4.78, 5) is 11.9. The Morgan fingerprint density at radius 2 is 2.19 bits per heavy atom. The number of hydrogen-bond donors (Lipinski definition) is 1. The third-order valence-corrected chi connectivity index (χ3v) is 2.56. The van der Waals surface area contributed by atoms with Gasteiger partial charge in [0.25, 0.3) is 0 Å². The zero-order valence-electron chi connectivity index (χ0n) is 10.1. The van der Waals surface area contributed by atoms with Gasteiger partial charge in [0.2, 0.25) is 0 Å². The number of ether oxygens (including phenoxy) is 1. The summed E-state index contributed by atoms with van der Waals surface area (Å²) >= 11 is 0. The van der Waals surface area contributed by atoms with Crippen LogP contribution in [0.3, 0.4) is 0 Å². The molecular weight excluding hydrogens is 202 g/mol. The SMILES string of the molecule is COc1ccc(C(=O)CCC(C)N)c(C)c1. The Labute approximate surface area is 96.6 Å². The number of hydrogen-bond acceptors (Lipinski definition) is 3. The Kier molecular flexibility index (Phi) is 4.50. The normalized spacial score (nSPS) is 12.2. The van der Waals surface area contributed by atoms with Crippen LogP contribution in [-0.2, 0) is 0 Å². The van der Waals surface area contributed by atoms with Gasteiger partial charge in [-0.05, 0) is 44.0 Å². The third kappa shape index (κ3) is 3.35. The van der Waals surface area contributed by atoms with Crippen LogP contribution in [0.4, 0.5) is 0 Å². The van der Waals surface area contributed by atoms with E-state index in [1.165, 1.54) is 0 Å². The summed E-state index contributed by atoms with van der Waals surface area (Å²) in [7, 11) is 1.62. The molecule has 0 aliphatic carbocycles. The number of carbonyl (C=O) groups is 1. The zero-order valence-corrected chi connectivity index (χ0v) is 10.1. The lowest BCUT2D eigenvalue weighted by Gasteiger charge is -2.08. The van der Waals surface area contributed by atoms with Crippen molar-refractivity contribution in [2.24, 2.45) is 5.73 Å². The molecule has 0 saturated heterocycles. The first-order valence-electron chi connectivity index (χ1n) is 5.48. The summed E-state index contributed by atoms with van der Waals surface area (Å²) in [6.07, 6.45) is 1.23. The van der Waals surface area contributed by atoms with Gasteiger partial charge in [0.1, 0.15) is 5.75 Å². The molecule has 0 saturated carbocycles. The average Bonchev–Trinajstić information content (AvgIpc) is 2.25. The number of carbonyl (C=O) groups excluding carboxylic acids is 1. The van der Waals surface area contributed by atoms with Gasteiger partial charge < -0.3 is 10.5 Å². The van der Waals surface area contributed by atoms with Crippen LogP contribution in [-0.4, -0.2) is 18.9 Å². The minimum Gasteiger partial charge on any atom is -0.497 e. The van der Waals surface area contributed by atoms with Crippen molar-refractivity contribution in [1.82, 2.24) is 0 Å². The third-order valence-electron chi connectivity index (χ3n) is 2.56. The van der Waals surface area contributed by atoms with E-state index in [1.54, 1.807) is 7.11 Å². The summed E-state index contributed by atoms with van der Waals surface area (Å²) in [5.41, 5.74) is 7.35. The fourth-order valence-corrected chi connectivity index (χ4v) is 1.57. The molecule has 0 amide bonds. The Bertz CT molecular complexity index is 372. The summed E-state index contributed by atoms with van der Waals surface area (Å²) in [6.45, 7) is 3.83. The number of benzene rings is 1. The van der Waals surface area contributed by atoms with Crippen molar-refractivity contribution in [3.63, 3.8) is 0 Å². The molecule has 0 aromatic heterocycles. The zero-order chi connectivity index (χ0) is 12.1. The van der Waals surface area contributed by atoms with Crippen molar-refractivity contribution >= 4 is 5.78 Å². The molecule has 3 nitrogen and oxygen atoms in total. The minimum absolute atomic E-state index is 0.0718. The Morgan fingerprint density at radius 3 is 2.69 bits per heavy atom. The minimum atomic E-state index is 0.0718. The van der Waals surface area contributed by atoms with E-state index in [2.05, 4.69) is 0 Å². The van der Waals surface area contributed by atoms with Gasteiger partial charge >= 0.3 is 0 Å². The van der Waals surface area contributed by atoms with Crippen molar-refractivity contribution < 1.29 is 9.53 Å². The Balaban J connectivity index is 2.76. The summed E-state index contributed by atoms with van der Waals surface area (Å²) in [5.74, 6) is 0.929. The van der Waals surface area contributed by atoms with Gasteiger partial charge in [0.15, 0.2) is 5.78 Å². The van der Waals surface area contributed by atoms with Gasteiger partial charge in [-0.25, -0.2) is 0 Å². The molecule has 0 radical (unpaired) electrons. The smallest absolute Gasteiger partial charge is 0.163 e. The largest absolute Gasteiger partial charge is 0.497 e. The van der Waals surface area contributed by atoms with E-state index in [0.717, 1.165) is 23.3 Å². The van der Waals surface area contributed by atoms with E-state index >= 15 is 0 Å². The van der Waals surface area contributed by atoms with Gasteiger partial charge in [0.05, 0.1) is 7.11 Å². The quantitative estimate of drug-likeness (QED) is 0.776. The van der Waals surface area contributed by atoms with E-state index in [1.807, 2.05) is 32.0 Å². The van der Waals surface area contributed by atoms with Crippen LogP contribution in [0.2, 0.25) is 0 Å². The van der Waals surface area contributed by atoms with Gasteiger partial charge in [-0.15, -0.1) is 0 Å². The maximum atomic E-state index is 11.9. The lowest BCUT2D eigenvalue weighted by atomic mass is 10.00. The standard InChI is InChI=1S/C13H19NO2/c1-9-8-11(16-3)5-6-12(9)13(15)7-4-10(2)14/h5-6,8,10H,4,7,14H2,1-3H3. The van der Waals surface area contributed by atoms with E-state index in [4.69, 9.17) is 10.5 Å². The number of methoxy groups -OCH3 is 1. The molecule has 16 heavy (non-hydrogen) atoms. The predicted octanol–water partition coefficient (Wildman–Crippen LogP) is 2.31. The summed E-state index contributed by atoms with van der Waals surface area (Å²) in [6, 6.07) is 5.57. The van der Waals surface area contributed by atoms with Crippen LogP contribution in [0, 0.1) is 6.92 Å². The maximum absolute atomic E-state index is 11.9. The van der Waals surface area contributed by atoms with Crippen LogP contribution in [0.15, 0.2) is 18.2 Å². The molecule has 0 bridgehead atoms. The molecule has 1 rings (SSSR count). The molecule has 1 unspecified atom stereocenters. The highest BCUT2D eigenvalue weighted by molar-refractivity contribution is 5.97. The second-order valence-electron chi connectivity index (χ2n) is 4.12. The first kappa shape index (κ1) is 12.7. The molecule has 0 spiro atoms. The molecular formula is C13H19NO2. The highest BCUT2D eigenvalue weighted by Gasteiger charge is 2.10. The molecule has 3 heteroatoms. The lowest BCUT2D eigenvalue weighted by molar-refractivity contribution is 0.0977. The highest BCUT2D eigenvalue weighted by Crippen LogP contribution is 2.18. The molecule has 0 fully saturated rings. The number of Topliss-reactive ketones (excluding diaryl/α,β-unsaturated/α-hetero) is 1. The van der Waals surface area contributed by atoms with Crippen LogP contribution >= 0.6 is 0 Å². The average molecular weight is 221 g/mol. The van der Waals surface area contributed by atoms with E-state index in [0.29, 0.717) is 6.42 Å². The number of rotatable bonds is 5. The van der Waals surface area contributed by atoms with Crippen molar-refractivity contribution in [3.05, 3.63) is 29.3 Å². The second kappa shape index (κ2) is 5.66. The fraction of sp³-hybridized carbons (Fsp3) is 0.462. The van der Waals surface area contributed by atoms with Crippen molar-refractivity contribution in [2.75, 3.05) is 7.11 Å². The van der Waals surface area contributed by atoms with Gasteiger partial charge in [-0.3, -0.25) is 4.79 Å². The first-order chi connectivity index (χ1) is 7.54. The van der Waals surface area contributed by atoms with Crippen molar-refractivity contribution in [3.8, 4) is 5.75 Å². The van der Waals surface area contributed by atoms with Crippen molar-refractivity contribution in [2.45, 2.75) is 32.7 Å². The highest BCUT2D eigenvalue weighted by atomic mass is 16.5.